The number of hydrogen-bond acceptors (Lipinski definition) is 4. The Labute approximate surface area is 229 Å². The number of benzene rings is 3. The Kier molecular flexibility index (Phi) is 9.13. The van der Waals surface area contributed by atoms with Gasteiger partial charge in [0.05, 0.1) is 18.5 Å². The summed E-state index contributed by atoms with van der Waals surface area (Å²) in [6.07, 6.45) is 4.97. The molecule has 1 aliphatic heterocycles. The highest BCUT2D eigenvalue weighted by atomic mass is 35.5. The van der Waals surface area contributed by atoms with Crippen LogP contribution >= 0.6 is 23.2 Å². The highest BCUT2D eigenvalue weighted by Gasteiger charge is 2.19. The van der Waals surface area contributed by atoms with Gasteiger partial charge >= 0.3 is 0 Å². The first-order valence-corrected chi connectivity index (χ1v) is 14.9. The Hall–Kier alpha value is -2.58. The van der Waals surface area contributed by atoms with Gasteiger partial charge in [0.15, 0.2) is 0 Å². The Morgan fingerprint density at radius 1 is 0.892 bits per heavy atom. The minimum Gasteiger partial charge on any atom is -0.348 e. The Morgan fingerprint density at radius 3 is 2.19 bits per heavy atom. The van der Waals surface area contributed by atoms with Gasteiger partial charge in [-0.2, -0.15) is 0 Å². The Balaban J connectivity index is 1.37. The van der Waals surface area contributed by atoms with Crippen LogP contribution in [0.3, 0.4) is 0 Å². The van der Waals surface area contributed by atoms with Crippen LogP contribution in [0.1, 0.15) is 46.3 Å². The summed E-state index contributed by atoms with van der Waals surface area (Å²) in [7, 11) is -3.59. The average molecular weight is 561 g/mol. The summed E-state index contributed by atoms with van der Waals surface area (Å²) in [5.74, 6) is -0.186. The lowest BCUT2D eigenvalue weighted by molar-refractivity contribution is 0.0951. The van der Waals surface area contributed by atoms with E-state index in [2.05, 4.69) is 22.3 Å². The molecule has 6 nitrogen and oxygen atoms in total. The maximum atomic E-state index is 12.8. The number of likely N-dealkylation sites (tertiary alicyclic amines) is 1. The number of carbonyl (C=O) groups excluding carboxylic acids is 1. The summed E-state index contributed by atoms with van der Waals surface area (Å²) in [6, 6.07) is 19.9. The van der Waals surface area contributed by atoms with Crippen molar-refractivity contribution in [1.29, 1.82) is 0 Å². The quantitative estimate of drug-likeness (QED) is 0.355. The molecule has 196 valence electrons. The van der Waals surface area contributed by atoms with Gasteiger partial charge in [-0.15, -0.1) is 0 Å². The van der Waals surface area contributed by atoms with Gasteiger partial charge in [0, 0.05) is 28.7 Å². The molecule has 0 atom stereocenters. The maximum absolute atomic E-state index is 12.8. The fourth-order valence-electron chi connectivity index (χ4n) is 4.51. The van der Waals surface area contributed by atoms with Gasteiger partial charge in [-0.05, 0) is 73.0 Å². The number of nitrogens with one attached hydrogen (secondary N) is 1. The summed E-state index contributed by atoms with van der Waals surface area (Å²) >= 11 is 12.2. The van der Waals surface area contributed by atoms with Crippen molar-refractivity contribution in [3.8, 4) is 0 Å². The molecule has 0 radical (unpaired) electrons. The fraction of sp³-hybridized carbons (Fsp3) is 0.321. The molecule has 1 aliphatic rings. The molecule has 0 aliphatic carbocycles. The number of carbonyl (C=O) groups is 1. The molecule has 1 N–H and O–H groups in total. The maximum Gasteiger partial charge on any atom is 0.251 e. The molecular formula is C28H31Cl2N3O3S. The molecule has 0 bridgehead atoms. The molecule has 1 amide bonds. The van der Waals surface area contributed by atoms with E-state index in [4.69, 9.17) is 23.2 Å². The van der Waals surface area contributed by atoms with Crippen LogP contribution in [0.4, 0.5) is 5.69 Å². The molecule has 37 heavy (non-hydrogen) atoms. The van der Waals surface area contributed by atoms with Crippen molar-refractivity contribution in [3.05, 3.63) is 99.0 Å². The minimum absolute atomic E-state index is 0.0845. The van der Waals surface area contributed by atoms with E-state index in [-0.39, 0.29) is 12.5 Å². The molecule has 0 unspecified atom stereocenters. The van der Waals surface area contributed by atoms with Gasteiger partial charge < -0.3 is 5.32 Å². The predicted molar refractivity (Wildman–Crippen MR) is 151 cm³/mol. The van der Waals surface area contributed by atoms with E-state index in [0.29, 0.717) is 27.8 Å². The lowest BCUT2D eigenvalue weighted by atomic mass is 10.1. The molecule has 0 aromatic heterocycles. The highest BCUT2D eigenvalue weighted by Crippen LogP contribution is 2.28. The van der Waals surface area contributed by atoms with Crippen LogP contribution in [0.5, 0.6) is 0 Å². The third-order valence-corrected chi connectivity index (χ3v) is 7.95. The van der Waals surface area contributed by atoms with E-state index in [1.165, 1.54) is 29.1 Å². The number of piperidine rings is 1. The van der Waals surface area contributed by atoms with Crippen molar-refractivity contribution in [3.63, 3.8) is 0 Å². The second kappa shape index (κ2) is 12.3. The summed E-state index contributed by atoms with van der Waals surface area (Å²) in [5.41, 5.74) is 3.93. The van der Waals surface area contributed by atoms with Crippen molar-refractivity contribution in [1.82, 2.24) is 10.2 Å². The summed E-state index contributed by atoms with van der Waals surface area (Å²) in [6.45, 7) is 3.75. The Bertz CT molecular complexity index is 1320. The molecule has 9 heteroatoms. The lowest BCUT2D eigenvalue weighted by Gasteiger charge is -2.26. The number of halogens is 2. The average Bonchev–Trinajstić information content (AvgIpc) is 2.86. The van der Waals surface area contributed by atoms with E-state index in [9.17, 15) is 13.2 Å². The normalized spacial score (nSPS) is 14.4. The number of sulfonamides is 1. The van der Waals surface area contributed by atoms with Gasteiger partial charge in [0.2, 0.25) is 10.0 Å². The van der Waals surface area contributed by atoms with Crippen LogP contribution in [0.25, 0.3) is 0 Å². The molecule has 1 fully saturated rings. The molecule has 1 heterocycles. The summed E-state index contributed by atoms with van der Waals surface area (Å²) in [5, 5.41) is 3.68. The second-order valence-corrected chi connectivity index (χ2v) is 12.2. The van der Waals surface area contributed by atoms with Crippen LogP contribution < -0.4 is 9.62 Å². The van der Waals surface area contributed by atoms with Crippen molar-refractivity contribution in [2.45, 2.75) is 38.9 Å². The smallest absolute Gasteiger partial charge is 0.251 e. The van der Waals surface area contributed by atoms with Crippen molar-refractivity contribution in [2.75, 3.05) is 23.7 Å². The van der Waals surface area contributed by atoms with Gasteiger partial charge in [0.1, 0.15) is 0 Å². The number of hydrogen-bond donors (Lipinski definition) is 1. The number of rotatable bonds is 9. The second-order valence-electron chi connectivity index (χ2n) is 9.43. The predicted octanol–water partition coefficient (Wildman–Crippen LogP) is 5.88. The van der Waals surface area contributed by atoms with Crippen LogP contribution in [-0.4, -0.2) is 38.6 Å². The Morgan fingerprint density at radius 2 is 1.54 bits per heavy atom. The lowest BCUT2D eigenvalue weighted by Crippen LogP contribution is -2.29. The van der Waals surface area contributed by atoms with Gasteiger partial charge in [-0.1, -0.05) is 66.0 Å². The third kappa shape index (κ3) is 7.95. The zero-order chi connectivity index (χ0) is 26.4. The van der Waals surface area contributed by atoms with Crippen LogP contribution in [0.2, 0.25) is 10.0 Å². The molecule has 4 rings (SSSR count). The highest BCUT2D eigenvalue weighted by molar-refractivity contribution is 7.92. The van der Waals surface area contributed by atoms with Crippen LogP contribution in [0, 0.1) is 0 Å². The SMILES string of the molecule is CS(=O)(=O)N(Cc1ccc(C(=O)NCc2cccc(CN3CCCCC3)c2)cc1)c1cc(Cl)cc(Cl)c1. The van der Waals surface area contributed by atoms with E-state index < -0.39 is 10.0 Å². The molecular weight excluding hydrogens is 529 g/mol. The first kappa shape index (κ1) is 27.5. The van der Waals surface area contributed by atoms with Crippen molar-refractivity contribution in [2.24, 2.45) is 0 Å². The largest absolute Gasteiger partial charge is 0.348 e. The zero-order valence-corrected chi connectivity index (χ0v) is 23.1. The molecule has 0 spiro atoms. The van der Waals surface area contributed by atoms with E-state index in [1.54, 1.807) is 42.5 Å². The number of anilines is 1. The van der Waals surface area contributed by atoms with Crippen molar-refractivity contribution < 1.29 is 13.2 Å². The van der Waals surface area contributed by atoms with E-state index >= 15 is 0 Å². The van der Waals surface area contributed by atoms with E-state index in [1.807, 2.05) is 12.1 Å². The fourth-order valence-corrected chi connectivity index (χ4v) is 5.90. The van der Waals surface area contributed by atoms with Crippen LogP contribution in [0.15, 0.2) is 66.7 Å². The van der Waals surface area contributed by atoms with Crippen molar-refractivity contribution >= 4 is 44.8 Å². The zero-order valence-electron chi connectivity index (χ0n) is 20.8. The third-order valence-electron chi connectivity index (χ3n) is 6.38. The summed E-state index contributed by atoms with van der Waals surface area (Å²) < 4.78 is 26.2. The molecule has 3 aromatic rings. The number of nitrogens with zero attached hydrogens (tertiary/aromatic N) is 2. The van der Waals surface area contributed by atoms with Gasteiger partial charge in [-0.3, -0.25) is 14.0 Å². The van der Waals surface area contributed by atoms with Gasteiger partial charge in [-0.25, -0.2) is 8.42 Å². The minimum atomic E-state index is -3.59. The molecule has 1 saturated heterocycles. The number of amides is 1. The van der Waals surface area contributed by atoms with Crippen LogP contribution in [-0.2, 0) is 29.7 Å². The topological polar surface area (TPSA) is 69.7 Å². The van der Waals surface area contributed by atoms with Gasteiger partial charge in [0.25, 0.3) is 5.91 Å². The van der Waals surface area contributed by atoms with E-state index in [0.717, 1.165) is 37.0 Å². The molecule has 3 aromatic carbocycles. The first-order valence-electron chi connectivity index (χ1n) is 12.3. The first-order chi connectivity index (χ1) is 17.7. The standard InChI is InChI=1S/C28H31Cl2N3O3S/c1-37(35,36)33(27-16-25(29)15-26(30)17-27)20-21-8-10-24(11-9-21)28(34)31-18-22-6-5-7-23(14-22)19-32-12-3-2-4-13-32/h5-11,14-17H,2-4,12-13,18-20H2,1H3,(H,31,34). The monoisotopic (exact) mass is 559 g/mol. The molecule has 0 saturated carbocycles. The summed E-state index contributed by atoms with van der Waals surface area (Å²) in [4.78, 5) is 15.2.